The SMILES string of the molecule is CCC=CCC=CCC=CCC=CCCCCCCC(=O)OCC(CO)OC(=O)CCCCCCCCCCCCCCCCC. The molecule has 0 aromatic rings. The number of hydrogen-bond donors (Lipinski definition) is 1. The summed E-state index contributed by atoms with van der Waals surface area (Å²) in [5, 5.41) is 9.54. The van der Waals surface area contributed by atoms with E-state index in [2.05, 4.69) is 62.5 Å². The van der Waals surface area contributed by atoms with Crippen LogP contribution in [0.1, 0.15) is 181 Å². The van der Waals surface area contributed by atoms with Crippen molar-refractivity contribution in [1.29, 1.82) is 0 Å². The fourth-order valence-corrected chi connectivity index (χ4v) is 5.25. The molecule has 1 unspecified atom stereocenters. The van der Waals surface area contributed by atoms with Gasteiger partial charge >= 0.3 is 11.9 Å². The molecule has 0 amide bonds. The van der Waals surface area contributed by atoms with Crippen molar-refractivity contribution in [2.24, 2.45) is 0 Å². The lowest BCUT2D eigenvalue weighted by atomic mass is 10.0. The maximum Gasteiger partial charge on any atom is 0.306 e. The lowest BCUT2D eigenvalue weighted by molar-refractivity contribution is -0.161. The second-order valence-corrected chi connectivity index (χ2v) is 12.6. The third kappa shape index (κ3) is 34.7. The third-order valence-electron chi connectivity index (χ3n) is 8.14. The van der Waals surface area contributed by atoms with Crippen LogP contribution in [0, 0.1) is 0 Å². The molecular weight excluding hydrogens is 572 g/mol. The number of rotatable bonds is 34. The summed E-state index contributed by atoms with van der Waals surface area (Å²) in [4.78, 5) is 24.2. The minimum Gasteiger partial charge on any atom is -0.462 e. The molecule has 46 heavy (non-hydrogen) atoms. The lowest BCUT2D eigenvalue weighted by Gasteiger charge is -2.15. The van der Waals surface area contributed by atoms with Gasteiger partial charge < -0.3 is 14.6 Å². The van der Waals surface area contributed by atoms with E-state index < -0.39 is 6.10 Å². The van der Waals surface area contributed by atoms with E-state index >= 15 is 0 Å². The molecule has 1 atom stereocenters. The van der Waals surface area contributed by atoms with E-state index in [1.54, 1.807) is 0 Å². The van der Waals surface area contributed by atoms with Gasteiger partial charge in [0.1, 0.15) is 6.61 Å². The van der Waals surface area contributed by atoms with Crippen LogP contribution in [0.2, 0.25) is 0 Å². The monoisotopic (exact) mass is 645 g/mol. The molecule has 0 aliphatic heterocycles. The van der Waals surface area contributed by atoms with Crippen LogP contribution < -0.4 is 0 Å². The van der Waals surface area contributed by atoms with Crippen LogP contribution in [0.4, 0.5) is 0 Å². The van der Waals surface area contributed by atoms with Gasteiger partial charge in [0.2, 0.25) is 0 Å². The fourth-order valence-electron chi connectivity index (χ4n) is 5.25. The first-order valence-corrected chi connectivity index (χ1v) is 19.2. The number of aliphatic hydroxyl groups is 1. The van der Waals surface area contributed by atoms with Crippen LogP contribution in [0.25, 0.3) is 0 Å². The van der Waals surface area contributed by atoms with Gasteiger partial charge in [-0.1, -0.05) is 165 Å². The molecule has 0 fully saturated rings. The highest BCUT2D eigenvalue weighted by atomic mass is 16.6. The molecule has 0 saturated heterocycles. The van der Waals surface area contributed by atoms with Crippen molar-refractivity contribution >= 4 is 11.9 Å². The topological polar surface area (TPSA) is 72.8 Å². The molecule has 0 aliphatic rings. The molecule has 0 radical (unpaired) electrons. The van der Waals surface area contributed by atoms with Gasteiger partial charge in [-0.3, -0.25) is 9.59 Å². The number of allylic oxidation sites excluding steroid dienone is 8. The summed E-state index contributed by atoms with van der Waals surface area (Å²) in [5.74, 6) is -0.617. The van der Waals surface area contributed by atoms with Crippen molar-refractivity contribution in [2.75, 3.05) is 13.2 Å². The normalized spacial score (nSPS) is 12.7. The van der Waals surface area contributed by atoms with Crippen molar-refractivity contribution in [2.45, 2.75) is 187 Å². The van der Waals surface area contributed by atoms with E-state index in [4.69, 9.17) is 9.47 Å². The smallest absolute Gasteiger partial charge is 0.306 e. The Balaban J connectivity index is 3.60. The van der Waals surface area contributed by atoms with E-state index in [-0.39, 0.29) is 25.2 Å². The molecule has 5 heteroatoms. The highest BCUT2D eigenvalue weighted by Crippen LogP contribution is 2.14. The van der Waals surface area contributed by atoms with Gasteiger partial charge in [-0.05, 0) is 51.4 Å². The number of hydrogen-bond acceptors (Lipinski definition) is 5. The predicted octanol–water partition coefficient (Wildman–Crippen LogP) is 11.8. The van der Waals surface area contributed by atoms with Crippen molar-refractivity contribution in [3.8, 4) is 0 Å². The number of carbonyl (C=O) groups is 2. The molecular formula is C41H72O5. The number of ether oxygens (including phenoxy) is 2. The van der Waals surface area contributed by atoms with E-state index in [9.17, 15) is 14.7 Å². The molecule has 0 aromatic heterocycles. The van der Waals surface area contributed by atoms with Crippen LogP contribution in [0.15, 0.2) is 48.6 Å². The zero-order valence-electron chi connectivity index (χ0n) is 30.1. The largest absolute Gasteiger partial charge is 0.462 e. The molecule has 0 aliphatic carbocycles. The van der Waals surface area contributed by atoms with Gasteiger partial charge in [-0.15, -0.1) is 0 Å². The Morgan fingerprint density at radius 1 is 0.522 bits per heavy atom. The summed E-state index contributed by atoms with van der Waals surface area (Å²) in [6, 6.07) is 0. The maximum absolute atomic E-state index is 12.2. The lowest BCUT2D eigenvalue weighted by Crippen LogP contribution is -2.28. The molecule has 0 rings (SSSR count). The van der Waals surface area contributed by atoms with Gasteiger partial charge in [-0.25, -0.2) is 0 Å². The number of esters is 2. The first-order chi connectivity index (χ1) is 22.6. The standard InChI is InChI=1S/C41H72O5/c1-3-5-7-9-11-13-15-17-19-20-22-23-25-27-29-31-33-35-40(43)45-38-39(37-42)46-41(44)36-34-32-30-28-26-24-21-18-16-14-12-10-8-6-4-2/h5,7,11,13,17,19,22-23,39,42H,3-4,6,8-10,12,14-16,18,20-21,24-38H2,1-2H3. The summed E-state index contributed by atoms with van der Waals surface area (Å²) in [6.07, 6.45) is 45.9. The summed E-state index contributed by atoms with van der Waals surface area (Å²) < 4.78 is 10.6. The third-order valence-corrected chi connectivity index (χ3v) is 8.14. The molecule has 0 aromatic carbocycles. The summed E-state index contributed by atoms with van der Waals surface area (Å²) in [7, 11) is 0. The Kier molecular flexibility index (Phi) is 35.6. The molecule has 0 spiro atoms. The van der Waals surface area contributed by atoms with Crippen LogP contribution in [0.5, 0.6) is 0 Å². The molecule has 0 heterocycles. The minimum atomic E-state index is -0.779. The summed E-state index contributed by atoms with van der Waals surface area (Å²) in [6.45, 7) is 4.00. The number of aliphatic hydroxyl groups excluding tert-OH is 1. The Morgan fingerprint density at radius 3 is 1.41 bits per heavy atom. The summed E-state index contributed by atoms with van der Waals surface area (Å²) in [5.41, 5.74) is 0. The van der Waals surface area contributed by atoms with Crippen LogP contribution in [-0.2, 0) is 19.1 Å². The highest BCUT2D eigenvalue weighted by Gasteiger charge is 2.16. The van der Waals surface area contributed by atoms with E-state index in [0.717, 1.165) is 77.0 Å². The zero-order valence-corrected chi connectivity index (χ0v) is 30.1. The second-order valence-electron chi connectivity index (χ2n) is 12.6. The van der Waals surface area contributed by atoms with Crippen molar-refractivity contribution in [3.63, 3.8) is 0 Å². The quantitative estimate of drug-likeness (QED) is 0.0429. The molecule has 5 nitrogen and oxygen atoms in total. The number of carbonyl (C=O) groups excluding carboxylic acids is 2. The zero-order chi connectivity index (χ0) is 33.6. The molecule has 0 bridgehead atoms. The van der Waals surface area contributed by atoms with Crippen LogP contribution >= 0.6 is 0 Å². The number of unbranched alkanes of at least 4 members (excludes halogenated alkanes) is 18. The molecule has 1 N–H and O–H groups in total. The van der Waals surface area contributed by atoms with Gasteiger partial charge in [0.05, 0.1) is 6.61 Å². The Labute approximate surface area is 284 Å². The van der Waals surface area contributed by atoms with Gasteiger partial charge in [0, 0.05) is 12.8 Å². The average molecular weight is 645 g/mol. The van der Waals surface area contributed by atoms with Crippen LogP contribution in [-0.4, -0.2) is 36.4 Å². The van der Waals surface area contributed by atoms with E-state index in [1.165, 1.54) is 77.0 Å². The second kappa shape index (κ2) is 37.3. The maximum atomic E-state index is 12.2. The highest BCUT2D eigenvalue weighted by molar-refractivity contribution is 5.70. The van der Waals surface area contributed by atoms with Crippen molar-refractivity contribution in [1.82, 2.24) is 0 Å². The summed E-state index contributed by atoms with van der Waals surface area (Å²) >= 11 is 0. The van der Waals surface area contributed by atoms with E-state index in [0.29, 0.717) is 12.8 Å². The molecule has 266 valence electrons. The van der Waals surface area contributed by atoms with Gasteiger partial charge in [0.15, 0.2) is 6.10 Å². The van der Waals surface area contributed by atoms with Gasteiger partial charge in [0.25, 0.3) is 0 Å². The van der Waals surface area contributed by atoms with Crippen LogP contribution in [0.3, 0.4) is 0 Å². The van der Waals surface area contributed by atoms with Crippen molar-refractivity contribution in [3.05, 3.63) is 48.6 Å². The van der Waals surface area contributed by atoms with E-state index in [1.807, 2.05) is 0 Å². The Morgan fingerprint density at radius 2 is 0.935 bits per heavy atom. The van der Waals surface area contributed by atoms with Gasteiger partial charge in [-0.2, -0.15) is 0 Å². The fraction of sp³-hybridized carbons (Fsp3) is 0.756. The predicted molar refractivity (Wildman–Crippen MR) is 196 cm³/mol. The first kappa shape index (κ1) is 43.9. The molecule has 0 saturated carbocycles. The average Bonchev–Trinajstić information content (AvgIpc) is 3.06. The van der Waals surface area contributed by atoms with Crippen molar-refractivity contribution < 1.29 is 24.2 Å². The Hall–Kier alpha value is -2.14. The Bertz CT molecular complexity index is 782. The first-order valence-electron chi connectivity index (χ1n) is 19.2. The minimum absolute atomic E-state index is 0.0776.